The molecule has 0 unspecified atom stereocenters. The first kappa shape index (κ1) is 22.2. The summed E-state index contributed by atoms with van der Waals surface area (Å²) in [5, 5.41) is 0.738. The van der Waals surface area contributed by atoms with Gasteiger partial charge in [0, 0.05) is 23.0 Å². The van der Waals surface area contributed by atoms with Gasteiger partial charge in [0.2, 0.25) is 5.91 Å². The van der Waals surface area contributed by atoms with E-state index in [0.717, 1.165) is 47.8 Å². The number of aromatic nitrogens is 2. The van der Waals surface area contributed by atoms with Crippen LogP contribution in [0.1, 0.15) is 88.8 Å². The van der Waals surface area contributed by atoms with Crippen molar-refractivity contribution >= 4 is 28.5 Å². The molecule has 3 fully saturated rings. The zero-order valence-corrected chi connectivity index (χ0v) is 20.0. The number of H-pyrrole nitrogens is 1. The summed E-state index contributed by atoms with van der Waals surface area (Å²) in [6.45, 7) is 2.53. The molecule has 1 amide bonds. The maximum atomic E-state index is 13.6. The van der Waals surface area contributed by atoms with Crippen LogP contribution in [-0.2, 0) is 4.79 Å². The van der Waals surface area contributed by atoms with Crippen LogP contribution in [0, 0.1) is 0 Å². The molecule has 1 N–H and O–H groups in total. The molecule has 1 aliphatic heterocycles. The Morgan fingerprint density at radius 2 is 1.59 bits per heavy atom. The number of aromatic amines is 1. The molecular weight excluding hydrogens is 420 g/mol. The minimum Gasteiger partial charge on any atom is -0.342 e. The molecule has 1 aromatic carbocycles. The standard InChI is InChI=1S/C26H37ClN4O/c27-20-11-12-23-24(17-20)29-26(28-23)19-13-15-30(16-14-19)18-25(32)31(21-7-3-1-4-8-21)22-9-5-2-6-10-22/h11-12,17,19,21-22H,1-10,13-16,18H2,(H,28,29). The normalized spacial score (nSPS) is 22.4. The monoisotopic (exact) mass is 456 g/mol. The second kappa shape index (κ2) is 10.1. The van der Waals surface area contributed by atoms with Gasteiger partial charge >= 0.3 is 0 Å². The van der Waals surface area contributed by atoms with E-state index in [0.29, 0.717) is 30.5 Å². The van der Waals surface area contributed by atoms with Gasteiger partial charge in [0.15, 0.2) is 0 Å². The summed E-state index contributed by atoms with van der Waals surface area (Å²) in [5.41, 5.74) is 2.00. The fourth-order valence-electron chi connectivity index (χ4n) is 6.26. The molecule has 1 aromatic heterocycles. The zero-order valence-electron chi connectivity index (χ0n) is 19.2. The first-order valence-electron chi connectivity index (χ1n) is 12.9. The van der Waals surface area contributed by atoms with Crippen molar-refractivity contribution in [2.45, 2.75) is 95.1 Å². The molecule has 174 valence electrons. The second-order valence-corrected chi connectivity index (χ2v) is 10.7. The highest BCUT2D eigenvalue weighted by atomic mass is 35.5. The van der Waals surface area contributed by atoms with Crippen molar-refractivity contribution in [2.24, 2.45) is 0 Å². The van der Waals surface area contributed by atoms with Crippen LogP contribution in [-0.4, -0.2) is 57.4 Å². The quantitative estimate of drug-likeness (QED) is 0.610. The molecular formula is C26H37ClN4O. The Kier molecular flexibility index (Phi) is 7.03. The number of hydrogen-bond donors (Lipinski definition) is 1. The summed E-state index contributed by atoms with van der Waals surface area (Å²) in [5.74, 6) is 1.89. The van der Waals surface area contributed by atoms with E-state index in [1.807, 2.05) is 18.2 Å². The molecule has 5 nitrogen and oxygen atoms in total. The molecule has 2 aliphatic carbocycles. The van der Waals surface area contributed by atoms with Gasteiger partial charge in [-0.3, -0.25) is 9.69 Å². The fraction of sp³-hybridized carbons (Fsp3) is 0.692. The molecule has 0 radical (unpaired) electrons. The number of imidazole rings is 1. The number of carbonyl (C=O) groups is 1. The van der Waals surface area contributed by atoms with Crippen molar-refractivity contribution in [1.29, 1.82) is 0 Å². The van der Waals surface area contributed by atoms with Crippen molar-refractivity contribution in [1.82, 2.24) is 19.8 Å². The largest absolute Gasteiger partial charge is 0.342 e. The highest BCUT2D eigenvalue weighted by Gasteiger charge is 2.34. The summed E-state index contributed by atoms with van der Waals surface area (Å²) >= 11 is 6.13. The molecule has 0 spiro atoms. The van der Waals surface area contributed by atoms with Gasteiger partial charge in [0.25, 0.3) is 0 Å². The average Bonchev–Trinajstić information content (AvgIpc) is 3.24. The second-order valence-electron chi connectivity index (χ2n) is 10.2. The number of fused-ring (bicyclic) bond motifs is 1. The first-order valence-corrected chi connectivity index (χ1v) is 13.2. The van der Waals surface area contributed by atoms with Gasteiger partial charge in [0.1, 0.15) is 5.82 Å². The molecule has 0 atom stereocenters. The number of nitrogens with zero attached hydrogens (tertiary/aromatic N) is 3. The number of rotatable bonds is 5. The van der Waals surface area contributed by atoms with Gasteiger partial charge in [-0.1, -0.05) is 50.1 Å². The predicted octanol–water partition coefficient (Wildman–Crippen LogP) is 5.89. The summed E-state index contributed by atoms with van der Waals surface area (Å²) in [7, 11) is 0. The number of amides is 1. The first-order chi connectivity index (χ1) is 15.7. The maximum Gasteiger partial charge on any atom is 0.237 e. The van der Waals surface area contributed by atoms with Gasteiger partial charge in [-0.05, 0) is 69.8 Å². The van der Waals surface area contributed by atoms with Crippen LogP contribution >= 0.6 is 11.6 Å². The minimum absolute atomic E-state index is 0.389. The summed E-state index contributed by atoms with van der Waals surface area (Å²) in [6, 6.07) is 6.80. The van der Waals surface area contributed by atoms with Crippen LogP contribution in [0.5, 0.6) is 0 Å². The Morgan fingerprint density at radius 1 is 0.969 bits per heavy atom. The number of carbonyl (C=O) groups excluding carboxylic acids is 1. The molecule has 5 rings (SSSR count). The van der Waals surface area contributed by atoms with E-state index in [9.17, 15) is 4.79 Å². The molecule has 1 saturated heterocycles. The lowest BCUT2D eigenvalue weighted by Gasteiger charge is -2.43. The van der Waals surface area contributed by atoms with Gasteiger partial charge < -0.3 is 9.88 Å². The van der Waals surface area contributed by atoms with E-state index in [2.05, 4.69) is 14.8 Å². The van der Waals surface area contributed by atoms with Gasteiger partial charge in [-0.15, -0.1) is 0 Å². The summed E-state index contributed by atoms with van der Waals surface area (Å²) < 4.78 is 0. The van der Waals surface area contributed by atoms with E-state index >= 15 is 0 Å². The van der Waals surface area contributed by atoms with Crippen LogP contribution in [0.3, 0.4) is 0 Å². The van der Waals surface area contributed by atoms with E-state index in [4.69, 9.17) is 16.6 Å². The third-order valence-corrected chi connectivity index (χ3v) is 8.25. The van der Waals surface area contributed by atoms with Gasteiger partial charge in [0.05, 0.1) is 17.6 Å². The van der Waals surface area contributed by atoms with Crippen molar-refractivity contribution in [2.75, 3.05) is 19.6 Å². The predicted molar refractivity (Wildman–Crippen MR) is 130 cm³/mol. The van der Waals surface area contributed by atoms with E-state index in [1.165, 1.54) is 64.2 Å². The van der Waals surface area contributed by atoms with Crippen LogP contribution in [0.25, 0.3) is 11.0 Å². The summed E-state index contributed by atoms with van der Waals surface area (Å²) in [4.78, 5) is 26.6. The molecule has 6 heteroatoms. The molecule has 3 aliphatic rings. The lowest BCUT2D eigenvalue weighted by atomic mass is 9.88. The van der Waals surface area contributed by atoms with E-state index in [-0.39, 0.29) is 0 Å². The topological polar surface area (TPSA) is 52.2 Å². The van der Waals surface area contributed by atoms with E-state index in [1.54, 1.807) is 0 Å². The third-order valence-electron chi connectivity index (χ3n) is 8.02. The van der Waals surface area contributed by atoms with Crippen LogP contribution in [0.2, 0.25) is 5.02 Å². The van der Waals surface area contributed by atoms with Gasteiger partial charge in [-0.25, -0.2) is 4.98 Å². The number of piperidine rings is 1. The van der Waals surface area contributed by atoms with Crippen molar-refractivity contribution in [3.05, 3.63) is 29.0 Å². The zero-order chi connectivity index (χ0) is 21.9. The Labute approximate surface area is 196 Å². The maximum absolute atomic E-state index is 13.6. The Bertz CT molecular complexity index is 890. The highest BCUT2D eigenvalue weighted by molar-refractivity contribution is 6.31. The summed E-state index contributed by atoms with van der Waals surface area (Å²) in [6.07, 6.45) is 14.8. The van der Waals surface area contributed by atoms with Crippen LogP contribution in [0.15, 0.2) is 18.2 Å². The van der Waals surface area contributed by atoms with E-state index < -0.39 is 0 Å². The number of nitrogens with one attached hydrogen (secondary N) is 1. The van der Waals surface area contributed by atoms with Crippen LogP contribution < -0.4 is 0 Å². The smallest absolute Gasteiger partial charge is 0.237 e. The molecule has 2 saturated carbocycles. The Morgan fingerprint density at radius 3 is 2.22 bits per heavy atom. The number of benzene rings is 1. The van der Waals surface area contributed by atoms with Crippen molar-refractivity contribution in [3.63, 3.8) is 0 Å². The number of hydrogen-bond acceptors (Lipinski definition) is 3. The molecule has 32 heavy (non-hydrogen) atoms. The third kappa shape index (κ3) is 4.99. The Hall–Kier alpha value is -1.59. The van der Waals surface area contributed by atoms with Gasteiger partial charge in [-0.2, -0.15) is 0 Å². The SMILES string of the molecule is O=C(CN1CCC(c2nc3ccc(Cl)cc3[nH]2)CC1)N(C1CCCCC1)C1CCCCC1. The fourth-order valence-corrected chi connectivity index (χ4v) is 6.43. The molecule has 2 heterocycles. The highest BCUT2D eigenvalue weighted by Crippen LogP contribution is 2.32. The average molecular weight is 457 g/mol. The minimum atomic E-state index is 0.389. The lowest BCUT2D eigenvalue weighted by molar-refractivity contribution is -0.139. The number of likely N-dealkylation sites (tertiary alicyclic amines) is 1. The lowest BCUT2D eigenvalue weighted by Crippen LogP contribution is -2.52. The van der Waals surface area contributed by atoms with Crippen molar-refractivity contribution in [3.8, 4) is 0 Å². The van der Waals surface area contributed by atoms with Crippen molar-refractivity contribution < 1.29 is 4.79 Å². The number of halogens is 1. The molecule has 0 bridgehead atoms. The molecule has 2 aromatic rings. The van der Waals surface area contributed by atoms with Crippen LogP contribution in [0.4, 0.5) is 0 Å². The Balaban J connectivity index is 1.20.